The summed E-state index contributed by atoms with van der Waals surface area (Å²) < 4.78 is 39.0. The number of nitrogens with two attached hydrogens (primary N) is 1. The first-order valence-electron chi connectivity index (χ1n) is 5.14. The molecule has 0 amide bonds. The van der Waals surface area contributed by atoms with E-state index >= 15 is 0 Å². The second kappa shape index (κ2) is 3.65. The van der Waals surface area contributed by atoms with E-state index < -0.39 is 11.7 Å². The number of imidazole rings is 1. The van der Waals surface area contributed by atoms with Crippen LogP contribution >= 0.6 is 0 Å². The van der Waals surface area contributed by atoms with Gasteiger partial charge in [-0.1, -0.05) is 13.8 Å². The highest BCUT2D eigenvalue weighted by Gasteiger charge is 2.31. The average molecular weight is 243 g/mol. The lowest BCUT2D eigenvalue weighted by molar-refractivity contribution is -0.137. The van der Waals surface area contributed by atoms with E-state index in [4.69, 9.17) is 5.73 Å². The lowest BCUT2D eigenvalue weighted by Gasteiger charge is -2.08. The van der Waals surface area contributed by atoms with Crippen LogP contribution in [0.1, 0.15) is 31.0 Å². The largest absolute Gasteiger partial charge is 0.417 e. The van der Waals surface area contributed by atoms with Crippen molar-refractivity contribution in [1.82, 2.24) is 9.38 Å². The molecular formula is C11H12F3N3. The Bertz CT molecular complexity index is 555. The molecule has 92 valence electrons. The molecule has 0 saturated carbocycles. The summed E-state index contributed by atoms with van der Waals surface area (Å²) >= 11 is 0. The summed E-state index contributed by atoms with van der Waals surface area (Å²) in [6.45, 7) is 3.84. The molecule has 0 saturated heterocycles. The molecule has 2 rings (SSSR count). The molecule has 0 unspecified atom stereocenters. The van der Waals surface area contributed by atoms with Gasteiger partial charge in [-0.3, -0.25) is 0 Å². The molecule has 0 aliphatic heterocycles. The van der Waals surface area contributed by atoms with Gasteiger partial charge in [-0.25, -0.2) is 4.98 Å². The summed E-state index contributed by atoms with van der Waals surface area (Å²) in [5.41, 5.74) is 5.93. The van der Waals surface area contributed by atoms with E-state index in [0.29, 0.717) is 5.65 Å². The topological polar surface area (TPSA) is 43.3 Å². The van der Waals surface area contributed by atoms with E-state index in [9.17, 15) is 13.2 Å². The van der Waals surface area contributed by atoms with Gasteiger partial charge < -0.3 is 10.1 Å². The van der Waals surface area contributed by atoms with E-state index in [-0.39, 0.29) is 11.6 Å². The molecule has 17 heavy (non-hydrogen) atoms. The number of alkyl halides is 3. The minimum Gasteiger partial charge on any atom is -0.396 e. The van der Waals surface area contributed by atoms with Gasteiger partial charge >= 0.3 is 6.18 Å². The summed E-state index contributed by atoms with van der Waals surface area (Å²) in [5, 5.41) is 0. The van der Waals surface area contributed by atoms with Crippen molar-refractivity contribution in [2.45, 2.75) is 25.9 Å². The fourth-order valence-electron chi connectivity index (χ4n) is 1.58. The summed E-state index contributed by atoms with van der Waals surface area (Å²) in [5.74, 6) is 0.142. The molecule has 0 atom stereocenters. The van der Waals surface area contributed by atoms with Crippen molar-refractivity contribution in [1.29, 1.82) is 0 Å². The van der Waals surface area contributed by atoms with Crippen LogP contribution in [0, 0.1) is 0 Å². The molecule has 0 fully saturated rings. The van der Waals surface area contributed by atoms with Crippen molar-refractivity contribution in [3.05, 3.63) is 29.7 Å². The monoisotopic (exact) mass is 243 g/mol. The van der Waals surface area contributed by atoms with E-state index in [0.717, 1.165) is 18.0 Å². The minimum atomic E-state index is -4.40. The molecule has 2 aromatic rings. The van der Waals surface area contributed by atoms with Gasteiger partial charge in [-0.05, 0) is 12.0 Å². The summed E-state index contributed by atoms with van der Waals surface area (Å²) in [7, 11) is 0. The zero-order valence-electron chi connectivity index (χ0n) is 9.42. The van der Waals surface area contributed by atoms with Crippen LogP contribution in [-0.2, 0) is 6.18 Å². The standard InChI is InChI=1S/C11H12F3N3/c1-6(2)9-5-17-4-7(11(12,13)14)3-8(15)10(17)16-9/h3-6H,15H2,1-2H3. The predicted molar refractivity (Wildman–Crippen MR) is 58.7 cm³/mol. The van der Waals surface area contributed by atoms with Gasteiger partial charge in [0.25, 0.3) is 0 Å². The highest BCUT2D eigenvalue weighted by molar-refractivity contribution is 5.66. The van der Waals surface area contributed by atoms with Crippen LogP contribution in [0.25, 0.3) is 5.65 Å². The first-order chi connectivity index (χ1) is 7.79. The van der Waals surface area contributed by atoms with Crippen molar-refractivity contribution in [2.24, 2.45) is 0 Å². The average Bonchev–Trinajstić information content (AvgIpc) is 2.60. The van der Waals surface area contributed by atoms with Crippen LogP contribution in [0.5, 0.6) is 0 Å². The number of anilines is 1. The minimum absolute atomic E-state index is 0.0340. The quantitative estimate of drug-likeness (QED) is 0.836. The van der Waals surface area contributed by atoms with E-state index in [2.05, 4.69) is 4.98 Å². The molecule has 0 aromatic carbocycles. The Hall–Kier alpha value is -1.72. The molecule has 0 aliphatic rings. The number of pyridine rings is 1. The van der Waals surface area contributed by atoms with Crippen molar-refractivity contribution < 1.29 is 13.2 Å². The van der Waals surface area contributed by atoms with Crippen LogP contribution in [0.2, 0.25) is 0 Å². The second-order valence-corrected chi connectivity index (χ2v) is 4.23. The van der Waals surface area contributed by atoms with Crippen molar-refractivity contribution in [3.63, 3.8) is 0 Å². The number of rotatable bonds is 1. The molecule has 2 aromatic heterocycles. The first-order valence-corrected chi connectivity index (χ1v) is 5.14. The van der Waals surface area contributed by atoms with Gasteiger partial charge in [0, 0.05) is 12.4 Å². The first kappa shape index (κ1) is 11.8. The van der Waals surface area contributed by atoms with Crippen LogP contribution in [0.15, 0.2) is 18.5 Å². The Morgan fingerprint density at radius 3 is 2.47 bits per heavy atom. The molecule has 0 radical (unpaired) electrons. The zero-order chi connectivity index (χ0) is 12.8. The lowest BCUT2D eigenvalue weighted by atomic mass is 10.2. The number of halogens is 3. The molecule has 0 bridgehead atoms. The molecule has 0 spiro atoms. The molecule has 2 heterocycles. The Labute approximate surface area is 96.1 Å². The number of hydrogen-bond donors (Lipinski definition) is 1. The van der Waals surface area contributed by atoms with Gasteiger partial charge in [0.15, 0.2) is 5.65 Å². The van der Waals surface area contributed by atoms with E-state index in [1.54, 1.807) is 6.20 Å². The zero-order valence-corrected chi connectivity index (χ0v) is 9.42. The summed E-state index contributed by atoms with van der Waals surface area (Å²) in [4.78, 5) is 4.21. The predicted octanol–water partition coefficient (Wildman–Crippen LogP) is 3.06. The summed E-state index contributed by atoms with van der Waals surface area (Å²) in [6.07, 6.45) is -1.82. The third kappa shape index (κ3) is 2.07. The smallest absolute Gasteiger partial charge is 0.396 e. The van der Waals surface area contributed by atoms with Gasteiger partial charge in [0.1, 0.15) is 0 Å². The normalized spacial score (nSPS) is 12.6. The van der Waals surface area contributed by atoms with Gasteiger partial charge in [0.2, 0.25) is 0 Å². The molecule has 3 nitrogen and oxygen atoms in total. The fraction of sp³-hybridized carbons (Fsp3) is 0.364. The number of hydrogen-bond acceptors (Lipinski definition) is 2. The lowest BCUT2D eigenvalue weighted by Crippen LogP contribution is -2.07. The Morgan fingerprint density at radius 1 is 1.29 bits per heavy atom. The Morgan fingerprint density at radius 2 is 1.94 bits per heavy atom. The summed E-state index contributed by atoms with van der Waals surface area (Å²) in [6, 6.07) is 0.909. The van der Waals surface area contributed by atoms with Crippen molar-refractivity contribution in [3.8, 4) is 0 Å². The third-order valence-corrected chi connectivity index (χ3v) is 2.52. The van der Waals surface area contributed by atoms with Crippen LogP contribution in [-0.4, -0.2) is 9.38 Å². The number of fused-ring (bicyclic) bond motifs is 1. The molecule has 2 N–H and O–H groups in total. The van der Waals surface area contributed by atoms with Crippen LogP contribution in [0.3, 0.4) is 0 Å². The van der Waals surface area contributed by atoms with E-state index in [1.165, 1.54) is 4.40 Å². The Balaban J connectivity index is 2.65. The van der Waals surface area contributed by atoms with E-state index in [1.807, 2.05) is 13.8 Å². The highest BCUT2D eigenvalue weighted by Crippen LogP contribution is 2.31. The second-order valence-electron chi connectivity index (χ2n) is 4.23. The Kier molecular flexibility index (Phi) is 2.52. The maximum Gasteiger partial charge on any atom is 0.417 e. The van der Waals surface area contributed by atoms with Crippen molar-refractivity contribution >= 4 is 11.3 Å². The van der Waals surface area contributed by atoms with Crippen LogP contribution < -0.4 is 5.73 Å². The maximum atomic E-state index is 12.6. The van der Waals surface area contributed by atoms with Gasteiger partial charge in [-0.15, -0.1) is 0 Å². The molecule has 0 aliphatic carbocycles. The molecular weight excluding hydrogens is 231 g/mol. The van der Waals surface area contributed by atoms with Gasteiger partial charge in [0.05, 0.1) is 16.9 Å². The number of nitrogen functional groups attached to an aromatic ring is 1. The number of aromatic nitrogens is 2. The fourth-order valence-corrected chi connectivity index (χ4v) is 1.58. The van der Waals surface area contributed by atoms with Crippen LogP contribution in [0.4, 0.5) is 18.9 Å². The third-order valence-electron chi connectivity index (χ3n) is 2.52. The van der Waals surface area contributed by atoms with Gasteiger partial charge in [-0.2, -0.15) is 13.2 Å². The SMILES string of the molecule is CC(C)c1cn2cc(C(F)(F)F)cc(N)c2n1. The van der Waals surface area contributed by atoms with Crippen molar-refractivity contribution in [2.75, 3.05) is 5.73 Å². The maximum absolute atomic E-state index is 12.6. The molecule has 6 heteroatoms. The highest BCUT2D eigenvalue weighted by atomic mass is 19.4. The number of nitrogens with zero attached hydrogens (tertiary/aromatic N) is 2.